The van der Waals surface area contributed by atoms with Gasteiger partial charge in [-0.15, -0.1) is 0 Å². The molecule has 0 unspecified atom stereocenters. The van der Waals surface area contributed by atoms with E-state index in [1.165, 1.54) is 16.8 Å². The van der Waals surface area contributed by atoms with Crippen LogP contribution in [0.25, 0.3) is 0 Å². The number of hydrogen-bond donors (Lipinski definition) is 3. The van der Waals surface area contributed by atoms with E-state index in [4.69, 9.17) is 0 Å². The monoisotopic (exact) mass is 278 g/mol. The highest BCUT2D eigenvalue weighted by Crippen LogP contribution is 2.16. The van der Waals surface area contributed by atoms with Crippen molar-refractivity contribution in [2.75, 3.05) is 12.4 Å². The van der Waals surface area contributed by atoms with Crippen molar-refractivity contribution in [1.82, 2.24) is 15.1 Å². The highest BCUT2D eigenvalue weighted by atomic mass is 19.1. The third kappa shape index (κ3) is 3.71. The predicted octanol–water partition coefficient (Wildman–Crippen LogP) is 1.09. The molecule has 3 N–H and O–H groups in total. The molecule has 7 heteroatoms. The van der Waals surface area contributed by atoms with Gasteiger partial charge < -0.3 is 15.7 Å². The minimum Gasteiger partial charge on any atom is -0.508 e. The lowest BCUT2D eigenvalue weighted by Gasteiger charge is -2.04. The molecule has 1 aromatic heterocycles. The lowest BCUT2D eigenvalue weighted by atomic mass is 10.2. The Balaban J connectivity index is 1.95. The van der Waals surface area contributed by atoms with Crippen LogP contribution in [0.5, 0.6) is 5.75 Å². The summed E-state index contributed by atoms with van der Waals surface area (Å²) in [6.45, 7) is 0.482. The first-order chi connectivity index (χ1) is 9.56. The fraction of sp³-hybridized carbons (Fsp3) is 0.231. The fourth-order valence-corrected chi connectivity index (χ4v) is 1.71. The Hall–Kier alpha value is -2.57. The Labute approximate surface area is 115 Å². The van der Waals surface area contributed by atoms with Gasteiger partial charge in [0, 0.05) is 25.9 Å². The van der Waals surface area contributed by atoms with Gasteiger partial charge in [-0.3, -0.25) is 9.48 Å². The molecule has 1 heterocycles. The first-order valence-corrected chi connectivity index (χ1v) is 6.02. The number of hydrogen-bond acceptors (Lipinski definition) is 4. The first kappa shape index (κ1) is 13.9. The molecule has 0 aliphatic rings. The zero-order valence-electron chi connectivity index (χ0n) is 10.9. The van der Waals surface area contributed by atoms with E-state index >= 15 is 0 Å². The van der Waals surface area contributed by atoms with Crippen LogP contribution in [0.4, 0.5) is 10.1 Å². The van der Waals surface area contributed by atoms with Crippen LogP contribution in [-0.4, -0.2) is 27.8 Å². The molecule has 0 atom stereocenters. The normalized spacial score (nSPS) is 10.3. The van der Waals surface area contributed by atoms with Crippen molar-refractivity contribution in [1.29, 1.82) is 0 Å². The number of carbonyl (C=O) groups excluding carboxylic acids is 1. The van der Waals surface area contributed by atoms with Crippen LogP contribution in [0.15, 0.2) is 30.6 Å². The molecule has 0 fully saturated rings. The van der Waals surface area contributed by atoms with Gasteiger partial charge in [0.2, 0.25) is 5.91 Å². The number of nitrogens with one attached hydrogen (secondary N) is 2. The summed E-state index contributed by atoms with van der Waals surface area (Å²) in [5.74, 6) is -0.746. The quantitative estimate of drug-likeness (QED) is 0.765. The molecule has 1 amide bonds. The van der Waals surface area contributed by atoms with Gasteiger partial charge in [-0.1, -0.05) is 0 Å². The van der Waals surface area contributed by atoms with E-state index < -0.39 is 5.82 Å². The van der Waals surface area contributed by atoms with Crippen molar-refractivity contribution in [2.45, 2.75) is 13.1 Å². The number of phenolic OH excluding ortho intramolecular Hbond substituents is 1. The summed E-state index contributed by atoms with van der Waals surface area (Å²) >= 11 is 0. The number of phenols is 1. The number of aromatic nitrogens is 2. The first-order valence-electron chi connectivity index (χ1n) is 6.02. The number of likely N-dealkylation sites (N-methyl/N-ethyl adjacent to an activating group) is 1. The number of amides is 1. The molecule has 0 aliphatic carbocycles. The zero-order valence-corrected chi connectivity index (χ0v) is 10.9. The van der Waals surface area contributed by atoms with E-state index in [2.05, 4.69) is 15.7 Å². The lowest BCUT2D eigenvalue weighted by molar-refractivity contribution is -0.121. The summed E-state index contributed by atoms with van der Waals surface area (Å²) in [7, 11) is 1.56. The molecular weight excluding hydrogens is 263 g/mol. The van der Waals surface area contributed by atoms with Crippen LogP contribution < -0.4 is 10.6 Å². The zero-order chi connectivity index (χ0) is 14.5. The second-order valence-electron chi connectivity index (χ2n) is 4.27. The highest BCUT2D eigenvalue weighted by Gasteiger charge is 2.04. The number of rotatable bonds is 5. The standard InChI is InChI=1S/C13H15FN4O2/c1-15-13(20)8-18-7-11(6-17-18)16-5-9-2-10(14)4-12(19)3-9/h2-4,6-7,16,19H,5,8H2,1H3,(H,15,20). The van der Waals surface area contributed by atoms with Crippen molar-refractivity contribution >= 4 is 11.6 Å². The third-order valence-corrected chi connectivity index (χ3v) is 2.66. The fourth-order valence-electron chi connectivity index (χ4n) is 1.71. The predicted molar refractivity (Wildman–Crippen MR) is 71.7 cm³/mol. The van der Waals surface area contributed by atoms with Gasteiger partial charge in [-0.2, -0.15) is 5.10 Å². The number of nitrogens with zero attached hydrogens (tertiary/aromatic N) is 2. The lowest BCUT2D eigenvalue weighted by Crippen LogP contribution is -2.23. The molecule has 0 saturated heterocycles. The molecule has 106 valence electrons. The maximum absolute atomic E-state index is 13.1. The summed E-state index contributed by atoms with van der Waals surface area (Å²) in [4.78, 5) is 11.2. The van der Waals surface area contributed by atoms with Crippen molar-refractivity contribution in [3.05, 3.63) is 42.0 Å². The average molecular weight is 278 g/mol. The highest BCUT2D eigenvalue weighted by molar-refractivity contribution is 5.75. The largest absolute Gasteiger partial charge is 0.508 e. The van der Waals surface area contributed by atoms with Crippen LogP contribution in [0.3, 0.4) is 0 Å². The number of halogens is 1. The molecule has 0 bridgehead atoms. The van der Waals surface area contributed by atoms with Crippen LogP contribution in [0.1, 0.15) is 5.56 Å². The maximum Gasteiger partial charge on any atom is 0.241 e. The Kier molecular flexibility index (Phi) is 4.19. The Bertz CT molecular complexity index is 592. The van der Waals surface area contributed by atoms with Crippen LogP contribution in [0, 0.1) is 5.82 Å². The van der Waals surface area contributed by atoms with Crippen LogP contribution in [-0.2, 0) is 17.9 Å². The minimum atomic E-state index is -0.489. The molecular formula is C13H15FN4O2. The summed E-state index contributed by atoms with van der Waals surface area (Å²) in [6, 6.07) is 3.86. The third-order valence-electron chi connectivity index (χ3n) is 2.66. The topological polar surface area (TPSA) is 79.2 Å². The number of carbonyl (C=O) groups is 1. The maximum atomic E-state index is 13.1. The van der Waals surface area contributed by atoms with Gasteiger partial charge in [0.05, 0.1) is 11.9 Å². The van der Waals surface area contributed by atoms with Crippen LogP contribution in [0.2, 0.25) is 0 Å². The molecule has 20 heavy (non-hydrogen) atoms. The van der Waals surface area contributed by atoms with E-state index in [0.29, 0.717) is 17.8 Å². The molecule has 2 aromatic rings. The second kappa shape index (κ2) is 6.05. The minimum absolute atomic E-state index is 0.114. The Morgan fingerprint density at radius 1 is 1.45 bits per heavy atom. The van der Waals surface area contributed by atoms with Crippen molar-refractivity contribution < 1.29 is 14.3 Å². The molecule has 2 rings (SSSR count). The van der Waals surface area contributed by atoms with Gasteiger partial charge >= 0.3 is 0 Å². The Morgan fingerprint density at radius 2 is 2.25 bits per heavy atom. The summed E-state index contributed by atoms with van der Waals surface area (Å²) < 4.78 is 14.6. The van der Waals surface area contributed by atoms with E-state index in [1.807, 2.05) is 0 Å². The molecule has 0 saturated carbocycles. The van der Waals surface area contributed by atoms with Gasteiger partial charge in [0.25, 0.3) is 0 Å². The molecule has 0 spiro atoms. The summed E-state index contributed by atoms with van der Waals surface area (Å²) in [5.41, 5.74) is 1.32. The van der Waals surface area contributed by atoms with Gasteiger partial charge in [0.1, 0.15) is 18.1 Å². The van der Waals surface area contributed by atoms with Crippen LogP contribution >= 0.6 is 0 Å². The number of benzene rings is 1. The summed E-state index contributed by atoms with van der Waals surface area (Å²) in [6.07, 6.45) is 3.25. The smallest absolute Gasteiger partial charge is 0.241 e. The van der Waals surface area contributed by atoms with Gasteiger partial charge in [-0.25, -0.2) is 4.39 Å². The van der Waals surface area contributed by atoms with E-state index in [0.717, 1.165) is 6.07 Å². The van der Waals surface area contributed by atoms with Crippen molar-refractivity contribution in [3.8, 4) is 5.75 Å². The Morgan fingerprint density at radius 3 is 2.95 bits per heavy atom. The van der Waals surface area contributed by atoms with E-state index in [9.17, 15) is 14.3 Å². The van der Waals surface area contributed by atoms with Gasteiger partial charge in [0.15, 0.2) is 0 Å². The second-order valence-corrected chi connectivity index (χ2v) is 4.27. The van der Waals surface area contributed by atoms with Crippen molar-refractivity contribution in [3.63, 3.8) is 0 Å². The molecule has 0 aliphatic heterocycles. The molecule has 6 nitrogen and oxygen atoms in total. The summed E-state index contributed by atoms with van der Waals surface area (Å²) in [5, 5.41) is 18.9. The molecule has 0 radical (unpaired) electrons. The molecule has 1 aromatic carbocycles. The SMILES string of the molecule is CNC(=O)Cn1cc(NCc2cc(O)cc(F)c2)cn1. The van der Waals surface area contributed by atoms with E-state index in [1.54, 1.807) is 19.4 Å². The van der Waals surface area contributed by atoms with Crippen molar-refractivity contribution in [2.24, 2.45) is 0 Å². The van der Waals surface area contributed by atoms with Gasteiger partial charge in [-0.05, 0) is 17.7 Å². The number of anilines is 1. The number of aromatic hydroxyl groups is 1. The van der Waals surface area contributed by atoms with E-state index in [-0.39, 0.29) is 18.2 Å². The average Bonchev–Trinajstić information content (AvgIpc) is 2.83.